The van der Waals surface area contributed by atoms with Crippen molar-refractivity contribution in [1.82, 2.24) is 5.32 Å². The van der Waals surface area contributed by atoms with Crippen LogP contribution in [-0.4, -0.2) is 52.6 Å². The van der Waals surface area contributed by atoms with Gasteiger partial charge in [-0.05, 0) is 12.3 Å². The van der Waals surface area contributed by atoms with Crippen molar-refractivity contribution in [3.8, 4) is 0 Å². The molecule has 0 bridgehead atoms. The van der Waals surface area contributed by atoms with E-state index < -0.39 is 12.0 Å². The summed E-state index contributed by atoms with van der Waals surface area (Å²) in [7, 11) is 0. The van der Waals surface area contributed by atoms with Crippen molar-refractivity contribution in [2.45, 2.75) is 117 Å². The molecule has 1 atom stereocenters. The second-order valence-electron chi connectivity index (χ2n) is 7.62. The average molecular weight is 379 g/mol. The first-order valence-corrected chi connectivity index (χ1v) is 10.5. The minimum Gasteiger partial charge on any atom is -0.480 e. The maximum atomic E-state index is 11.8. The van der Waals surface area contributed by atoms with Crippen molar-refractivity contribution in [1.29, 1.82) is 0 Å². The SMILES string of the molecule is CCCCCCCCCCCCCCCC(=O)N[C@H](C(=O)O)C(C)C.[Na]. The van der Waals surface area contributed by atoms with Crippen molar-refractivity contribution in [3.63, 3.8) is 0 Å². The number of carboxylic acid groups (broad SMARTS) is 1. The molecule has 0 rings (SSSR count). The van der Waals surface area contributed by atoms with E-state index in [4.69, 9.17) is 5.11 Å². The van der Waals surface area contributed by atoms with Crippen molar-refractivity contribution in [3.05, 3.63) is 0 Å². The van der Waals surface area contributed by atoms with Gasteiger partial charge >= 0.3 is 5.97 Å². The summed E-state index contributed by atoms with van der Waals surface area (Å²) in [5.74, 6) is -1.18. The standard InChI is InChI=1S/C21H41NO3.Na/c1-4-5-6-7-8-9-10-11-12-13-14-15-16-17-19(23)22-20(18(2)3)21(24)25;/h18,20H,4-17H2,1-3H3,(H,22,23)(H,24,25);/t20-;/m0./s1. The smallest absolute Gasteiger partial charge is 0.326 e. The predicted molar refractivity (Wildman–Crippen MR) is 110 cm³/mol. The topological polar surface area (TPSA) is 66.4 Å². The van der Waals surface area contributed by atoms with Crippen molar-refractivity contribution in [2.24, 2.45) is 5.92 Å². The summed E-state index contributed by atoms with van der Waals surface area (Å²) < 4.78 is 0. The van der Waals surface area contributed by atoms with Gasteiger partial charge in [-0.2, -0.15) is 0 Å². The Morgan fingerprint density at radius 3 is 1.50 bits per heavy atom. The van der Waals surface area contributed by atoms with Crippen LogP contribution in [0.2, 0.25) is 0 Å². The maximum absolute atomic E-state index is 11.8. The summed E-state index contributed by atoms with van der Waals surface area (Å²) in [6.07, 6.45) is 17.0. The van der Waals surface area contributed by atoms with Gasteiger partial charge in [0.05, 0.1) is 0 Å². The van der Waals surface area contributed by atoms with Gasteiger partial charge in [0.2, 0.25) is 5.91 Å². The molecule has 0 saturated carbocycles. The van der Waals surface area contributed by atoms with Gasteiger partial charge in [-0.25, -0.2) is 4.79 Å². The number of hydrogen-bond donors (Lipinski definition) is 2. The third kappa shape index (κ3) is 17.4. The fourth-order valence-electron chi connectivity index (χ4n) is 3.06. The molecule has 0 aliphatic rings. The summed E-state index contributed by atoms with van der Waals surface area (Å²) in [6, 6.07) is -0.769. The number of hydrogen-bond acceptors (Lipinski definition) is 2. The molecule has 1 radical (unpaired) electrons. The zero-order valence-corrected chi connectivity index (χ0v) is 19.8. The number of rotatable bonds is 17. The van der Waals surface area contributed by atoms with Crippen LogP contribution in [0.4, 0.5) is 0 Å². The van der Waals surface area contributed by atoms with E-state index in [9.17, 15) is 9.59 Å². The number of carboxylic acids is 1. The monoisotopic (exact) mass is 378 g/mol. The molecule has 2 N–H and O–H groups in total. The Bertz CT molecular complexity index is 348. The molecule has 5 heteroatoms. The van der Waals surface area contributed by atoms with E-state index in [1.807, 2.05) is 13.8 Å². The zero-order valence-electron chi connectivity index (χ0n) is 17.8. The van der Waals surface area contributed by atoms with Gasteiger partial charge in [-0.15, -0.1) is 0 Å². The van der Waals surface area contributed by atoms with Crippen LogP contribution in [0.15, 0.2) is 0 Å². The summed E-state index contributed by atoms with van der Waals surface area (Å²) in [5.41, 5.74) is 0. The van der Waals surface area contributed by atoms with Crippen LogP contribution in [-0.2, 0) is 9.59 Å². The Hall–Kier alpha value is -0.0600. The van der Waals surface area contributed by atoms with E-state index in [2.05, 4.69) is 12.2 Å². The summed E-state index contributed by atoms with van der Waals surface area (Å²) in [5, 5.41) is 11.7. The van der Waals surface area contributed by atoms with Gasteiger partial charge in [0.25, 0.3) is 0 Å². The number of carbonyl (C=O) groups is 2. The molecular weight excluding hydrogens is 337 g/mol. The van der Waals surface area contributed by atoms with Crippen LogP contribution in [0.1, 0.15) is 111 Å². The van der Waals surface area contributed by atoms with Crippen LogP contribution >= 0.6 is 0 Å². The largest absolute Gasteiger partial charge is 0.480 e. The fraction of sp³-hybridized carbons (Fsp3) is 0.905. The molecule has 0 aromatic heterocycles. The average Bonchev–Trinajstić information content (AvgIpc) is 2.56. The third-order valence-corrected chi connectivity index (χ3v) is 4.76. The molecule has 0 aliphatic heterocycles. The molecule has 1 amide bonds. The zero-order chi connectivity index (χ0) is 18.9. The van der Waals surface area contributed by atoms with Crippen LogP contribution in [0.5, 0.6) is 0 Å². The number of amides is 1. The van der Waals surface area contributed by atoms with E-state index in [0.29, 0.717) is 6.42 Å². The van der Waals surface area contributed by atoms with Gasteiger partial charge in [0.15, 0.2) is 0 Å². The number of carbonyl (C=O) groups excluding carboxylic acids is 1. The number of unbranched alkanes of at least 4 members (excludes halogenated alkanes) is 12. The van der Waals surface area contributed by atoms with E-state index in [-0.39, 0.29) is 41.4 Å². The van der Waals surface area contributed by atoms with Gasteiger partial charge < -0.3 is 10.4 Å². The molecule has 0 heterocycles. The van der Waals surface area contributed by atoms with E-state index >= 15 is 0 Å². The van der Waals surface area contributed by atoms with E-state index in [1.165, 1.54) is 70.6 Å². The Kier molecular flexibility index (Phi) is 21.3. The molecule has 0 aromatic carbocycles. The van der Waals surface area contributed by atoms with Crippen molar-refractivity contribution >= 4 is 41.4 Å². The molecule has 0 aliphatic carbocycles. The molecule has 0 unspecified atom stereocenters. The Balaban J connectivity index is 0. The summed E-state index contributed by atoms with van der Waals surface area (Å²) >= 11 is 0. The predicted octanol–water partition coefficient (Wildman–Crippen LogP) is 5.31. The molecule has 149 valence electrons. The number of nitrogens with one attached hydrogen (secondary N) is 1. The van der Waals surface area contributed by atoms with Gasteiger partial charge in [0.1, 0.15) is 6.04 Å². The molecule has 26 heavy (non-hydrogen) atoms. The van der Waals surface area contributed by atoms with Crippen molar-refractivity contribution in [2.75, 3.05) is 0 Å². The maximum Gasteiger partial charge on any atom is 0.326 e. The first kappa shape index (κ1) is 28.2. The minimum absolute atomic E-state index is 0. The van der Waals surface area contributed by atoms with Crippen molar-refractivity contribution < 1.29 is 14.7 Å². The summed E-state index contributed by atoms with van der Waals surface area (Å²) in [6.45, 7) is 5.87. The van der Waals surface area contributed by atoms with Crippen LogP contribution < -0.4 is 5.32 Å². The quantitative estimate of drug-likeness (QED) is 0.266. The first-order valence-electron chi connectivity index (χ1n) is 10.5. The molecule has 0 fully saturated rings. The molecule has 0 saturated heterocycles. The molecule has 0 spiro atoms. The van der Waals surface area contributed by atoms with Gasteiger partial charge in [-0.1, -0.05) is 97.8 Å². The van der Waals surface area contributed by atoms with Crippen LogP contribution in [0.25, 0.3) is 0 Å². The third-order valence-electron chi connectivity index (χ3n) is 4.76. The Labute approximate surface area is 183 Å². The fourth-order valence-corrected chi connectivity index (χ4v) is 3.06. The second kappa shape index (κ2) is 19.7. The first-order chi connectivity index (χ1) is 12.0. The van der Waals surface area contributed by atoms with Gasteiger partial charge in [0, 0.05) is 36.0 Å². The molecule has 4 nitrogen and oxygen atoms in total. The molecule has 0 aromatic rings. The normalized spacial score (nSPS) is 11.8. The van der Waals surface area contributed by atoms with Gasteiger partial charge in [-0.3, -0.25) is 4.79 Å². The second-order valence-corrected chi connectivity index (χ2v) is 7.62. The summed E-state index contributed by atoms with van der Waals surface area (Å²) in [4.78, 5) is 22.8. The van der Waals surface area contributed by atoms with Crippen LogP contribution in [0.3, 0.4) is 0 Å². The Morgan fingerprint density at radius 2 is 1.15 bits per heavy atom. The minimum atomic E-state index is -0.950. The Morgan fingerprint density at radius 1 is 0.769 bits per heavy atom. The van der Waals surface area contributed by atoms with E-state index in [1.54, 1.807) is 0 Å². The van der Waals surface area contributed by atoms with E-state index in [0.717, 1.165) is 12.8 Å². The van der Waals surface area contributed by atoms with Crippen LogP contribution in [0, 0.1) is 5.92 Å². The molecular formula is C21H41NNaO3. The number of aliphatic carboxylic acids is 1.